The monoisotopic (exact) mass is 398 g/mol. The van der Waals surface area contributed by atoms with E-state index >= 15 is 0 Å². The number of fused-ring (bicyclic) bond motifs is 1. The van der Waals surface area contributed by atoms with Gasteiger partial charge in [-0.15, -0.1) is 0 Å². The Kier molecular flexibility index (Phi) is 4.06. The molecule has 0 unspecified atom stereocenters. The summed E-state index contributed by atoms with van der Waals surface area (Å²) in [4.78, 5) is 20.1. The summed E-state index contributed by atoms with van der Waals surface area (Å²) in [5, 5.41) is 3.05. The number of pyridine rings is 1. The second-order valence-electron chi connectivity index (χ2n) is 6.10. The van der Waals surface area contributed by atoms with Crippen LogP contribution in [0.15, 0.2) is 41.2 Å². The number of nitrogens with one attached hydrogen (secondary N) is 1. The van der Waals surface area contributed by atoms with E-state index < -0.39 is 29.8 Å². The molecule has 3 aromatic rings. The summed E-state index contributed by atoms with van der Waals surface area (Å²) in [5.74, 6) is -0.00956. The van der Waals surface area contributed by atoms with Gasteiger partial charge in [0, 0.05) is 6.42 Å². The Morgan fingerprint density at radius 3 is 2.48 bits per heavy atom. The third-order valence-electron chi connectivity index (χ3n) is 4.16. The number of aromatic nitrogens is 3. The lowest BCUT2D eigenvalue weighted by atomic mass is 10.2. The second kappa shape index (κ2) is 6.19. The van der Waals surface area contributed by atoms with Gasteiger partial charge < -0.3 is 5.32 Å². The van der Waals surface area contributed by atoms with Crippen LogP contribution in [0.5, 0.6) is 0 Å². The molecule has 140 valence electrons. The van der Waals surface area contributed by atoms with Crippen molar-refractivity contribution >= 4 is 28.5 Å². The molecule has 27 heavy (non-hydrogen) atoms. The molecule has 0 aliphatic heterocycles. The van der Waals surface area contributed by atoms with Crippen LogP contribution < -0.4 is 11.0 Å². The molecule has 2 heterocycles. The fraction of sp³-hybridized carbons (Fsp3) is 0.235. The zero-order chi connectivity index (χ0) is 19.3. The fourth-order valence-corrected chi connectivity index (χ4v) is 2.93. The first kappa shape index (κ1) is 17.7. The number of nitrogens with zero attached hydrogens (tertiary/aromatic N) is 3. The summed E-state index contributed by atoms with van der Waals surface area (Å²) in [5.41, 5.74) is -2.16. The lowest BCUT2D eigenvalue weighted by Gasteiger charge is -2.15. The molecule has 1 aliphatic rings. The van der Waals surface area contributed by atoms with Gasteiger partial charge >= 0.3 is 11.9 Å². The van der Waals surface area contributed by atoms with Gasteiger partial charge in [-0.2, -0.15) is 18.2 Å². The molecule has 0 amide bonds. The Balaban J connectivity index is 2.01. The van der Waals surface area contributed by atoms with Crippen molar-refractivity contribution in [2.75, 3.05) is 5.32 Å². The Labute approximate surface area is 154 Å². The zero-order valence-electron chi connectivity index (χ0n) is 13.5. The van der Waals surface area contributed by atoms with Gasteiger partial charge in [0.2, 0.25) is 0 Å². The van der Waals surface area contributed by atoms with Crippen LogP contribution in [0, 0.1) is 0 Å². The minimum absolute atomic E-state index is 0.00956. The Bertz CT molecular complexity index is 1100. The molecular weight excluding hydrogens is 388 g/mol. The summed E-state index contributed by atoms with van der Waals surface area (Å²) >= 11 is 6.11. The molecule has 0 bridgehead atoms. The van der Waals surface area contributed by atoms with Crippen LogP contribution in [0.25, 0.3) is 16.7 Å². The van der Waals surface area contributed by atoms with Crippen LogP contribution >= 0.6 is 11.6 Å². The van der Waals surface area contributed by atoms with Crippen molar-refractivity contribution < 1.29 is 17.6 Å². The normalized spacial score (nSPS) is 19.3. The average Bonchev–Trinajstić information content (AvgIpc) is 3.30. The first-order valence-corrected chi connectivity index (χ1v) is 8.30. The van der Waals surface area contributed by atoms with Gasteiger partial charge in [0.15, 0.2) is 5.65 Å². The van der Waals surface area contributed by atoms with E-state index in [0.29, 0.717) is 0 Å². The van der Waals surface area contributed by atoms with Gasteiger partial charge in [-0.05, 0) is 24.3 Å². The molecule has 10 heteroatoms. The SMILES string of the molecule is O=c1nc(N[C@H]2C[C@H]2F)c2ccc(C(F)(F)F)nc2n1-c1ccccc1Cl. The summed E-state index contributed by atoms with van der Waals surface area (Å²) < 4.78 is 53.6. The first-order chi connectivity index (χ1) is 12.8. The van der Waals surface area contributed by atoms with Crippen LogP contribution in [0.2, 0.25) is 5.02 Å². The highest BCUT2D eigenvalue weighted by Crippen LogP contribution is 2.34. The number of hydrogen-bond acceptors (Lipinski definition) is 4. The molecular formula is C17H11ClF4N4O. The molecule has 2 aromatic heterocycles. The number of rotatable bonds is 3. The minimum atomic E-state index is -4.70. The fourth-order valence-electron chi connectivity index (χ4n) is 2.71. The summed E-state index contributed by atoms with van der Waals surface area (Å²) in [7, 11) is 0. The van der Waals surface area contributed by atoms with E-state index in [1.54, 1.807) is 12.1 Å². The number of alkyl halides is 4. The van der Waals surface area contributed by atoms with E-state index in [0.717, 1.165) is 16.7 Å². The maximum absolute atomic E-state index is 13.2. The van der Waals surface area contributed by atoms with E-state index in [9.17, 15) is 22.4 Å². The van der Waals surface area contributed by atoms with Crippen LogP contribution in [-0.2, 0) is 6.18 Å². The van der Waals surface area contributed by atoms with E-state index in [1.807, 2.05) is 0 Å². The third kappa shape index (κ3) is 3.23. The summed E-state index contributed by atoms with van der Waals surface area (Å²) in [6, 6.07) is 7.58. The van der Waals surface area contributed by atoms with Gasteiger partial charge in [0.1, 0.15) is 17.7 Å². The lowest BCUT2D eigenvalue weighted by molar-refractivity contribution is -0.141. The van der Waals surface area contributed by atoms with Crippen LogP contribution in [0.4, 0.5) is 23.4 Å². The maximum Gasteiger partial charge on any atom is 0.433 e. The molecule has 4 rings (SSSR count). The molecule has 1 aliphatic carbocycles. The van der Waals surface area contributed by atoms with Crippen molar-refractivity contribution in [1.29, 1.82) is 0 Å². The molecule has 1 aromatic carbocycles. The number of hydrogen-bond donors (Lipinski definition) is 1. The smallest absolute Gasteiger partial charge is 0.364 e. The quantitative estimate of drug-likeness (QED) is 0.678. The first-order valence-electron chi connectivity index (χ1n) is 7.92. The zero-order valence-corrected chi connectivity index (χ0v) is 14.2. The Hall–Kier alpha value is -2.68. The van der Waals surface area contributed by atoms with E-state index in [4.69, 9.17) is 11.6 Å². The third-order valence-corrected chi connectivity index (χ3v) is 4.48. The second-order valence-corrected chi connectivity index (χ2v) is 6.50. The molecule has 5 nitrogen and oxygen atoms in total. The van der Waals surface area contributed by atoms with Crippen LogP contribution in [0.3, 0.4) is 0 Å². The maximum atomic E-state index is 13.2. The number of halogens is 5. The van der Waals surface area contributed by atoms with Crippen molar-refractivity contribution in [2.24, 2.45) is 0 Å². The number of anilines is 1. The van der Waals surface area contributed by atoms with Crippen LogP contribution in [0.1, 0.15) is 12.1 Å². The highest BCUT2D eigenvalue weighted by Gasteiger charge is 2.38. The van der Waals surface area contributed by atoms with Crippen LogP contribution in [-0.4, -0.2) is 26.7 Å². The van der Waals surface area contributed by atoms with E-state index in [2.05, 4.69) is 15.3 Å². The highest BCUT2D eigenvalue weighted by molar-refractivity contribution is 6.32. The molecule has 0 radical (unpaired) electrons. The summed E-state index contributed by atoms with van der Waals surface area (Å²) in [6.45, 7) is 0. The van der Waals surface area contributed by atoms with Crippen molar-refractivity contribution in [3.8, 4) is 5.69 Å². The number of para-hydroxylation sites is 1. The van der Waals surface area contributed by atoms with Crippen molar-refractivity contribution in [1.82, 2.24) is 14.5 Å². The highest BCUT2D eigenvalue weighted by atomic mass is 35.5. The number of benzene rings is 1. The molecule has 0 spiro atoms. The van der Waals surface area contributed by atoms with Gasteiger partial charge in [0.25, 0.3) is 0 Å². The molecule has 0 saturated heterocycles. The summed E-state index contributed by atoms with van der Waals surface area (Å²) in [6.07, 6.45) is -5.55. The van der Waals surface area contributed by atoms with Gasteiger partial charge in [-0.1, -0.05) is 23.7 Å². The predicted octanol–water partition coefficient (Wildman–Crippen LogP) is 3.98. The standard InChI is InChI=1S/C17H11ClF4N4O/c18-9-3-1-2-4-12(9)26-15-8(5-6-13(24-15)17(20,21)22)14(25-16(26)27)23-11-7-10(11)19/h1-6,10-11H,7H2,(H,23,25,27)/t10-,11+/m1/s1. The van der Waals surface area contributed by atoms with Gasteiger partial charge in [-0.3, -0.25) is 0 Å². The van der Waals surface area contributed by atoms with Crippen molar-refractivity contribution in [2.45, 2.75) is 24.8 Å². The van der Waals surface area contributed by atoms with Gasteiger partial charge in [0.05, 0.1) is 22.1 Å². The Morgan fingerprint density at radius 1 is 1.15 bits per heavy atom. The molecule has 1 fully saturated rings. The van der Waals surface area contributed by atoms with Crippen molar-refractivity contribution in [3.05, 3.63) is 57.6 Å². The Morgan fingerprint density at radius 2 is 1.85 bits per heavy atom. The molecule has 1 N–H and O–H groups in total. The predicted molar refractivity (Wildman–Crippen MR) is 92.1 cm³/mol. The van der Waals surface area contributed by atoms with Crippen molar-refractivity contribution in [3.63, 3.8) is 0 Å². The topological polar surface area (TPSA) is 59.8 Å². The molecule has 1 saturated carbocycles. The largest absolute Gasteiger partial charge is 0.433 e. The van der Waals surface area contributed by atoms with E-state index in [1.165, 1.54) is 12.1 Å². The minimum Gasteiger partial charge on any atom is -0.364 e. The lowest BCUT2D eigenvalue weighted by Crippen LogP contribution is -2.25. The van der Waals surface area contributed by atoms with Gasteiger partial charge in [-0.25, -0.2) is 18.7 Å². The molecule has 2 atom stereocenters. The average molecular weight is 399 g/mol. The van der Waals surface area contributed by atoms with E-state index in [-0.39, 0.29) is 34.0 Å².